The van der Waals surface area contributed by atoms with Gasteiger partial charge in [-0.25, -0.2) is 0 Å². The zero-order valence-corrected chi connectivity index (χ0v) is 13.0. The van der Waals surface area contributed by atoms with Crippen LogP contribution in [0.15, 0.2) is 18.2 Å². The number of rotatable bonds is 6. The van der Waals surface area contributed by atoms with Crippen LogP contribution in [0.2, 0.25) is 5.02 Å². The second kappa shape index (κ2) is 7.78. The van der Waals surface area contributed by atoms with Crippen LogP contribution in [0.5, 0.6) is 0 Å². The number of hydrogen-bond donors (Lipinski definition) is 2. The number of anilines is 1. The molecule has 1 aromatic carbocycles. The minimum Gasteiger partial charge on any atom is -0.396 e. The number of hydrogen-bond acceptors (Lipinski definition) is 3. The standard InChI is InChI=1S/C14H20ClNO2S/c1-9(7-17)8-19-11(3)14(18)16-13-6-4-5-12(15)10(13)2/h4-6,9,11,17H,7-8H2,1-3H3,(H,16,18)/t9-,11-/m0/s1. The predicted octanol–water partition coefficient (Wildman–Crippen LogP) is 3.34. The summed E-state index contributed by atoms with van der Waals surface area (Å²) >= 11 is 7.56. The van der Waals surface area contributed by atoms with Crippen molar-refractivity contribution in [3.05, 3.63) is 28.8 Å². The van der Waals surface area contributed by atoms with E-state index in [2.05, 4.69) is 5.32 Å². The summed E-state index contributed by atoms with van der Waals surface area (Å²) in [6, 6.07) is 5.46. The van der Waals surface area contributed by atoms with Crippen molar-refractivity contribution in [2.45, 2.75) is 26.0 Å². The van der Waals surface area contributed by atoms with E-state index in [4.69, 9.17) is 16.7 Å². The second-order valence-corrected chi connectivity index (χ2v) is 6.45. The molecule has 1 aromatic rings. The number of thioether (sulfide) groups is 1. The van der Waals surface area contributed by atoms with Crippen LogP contribution in [0.4, 0.5) is 5.69 Å². The van der Waals surface area contributed by atoms with E-state index in [0.29, 0.717) is 5.02 Å². The minimum absolute atomic E-state index is 0.0412. The van der Waals surface area contributed by atoms with Crippen LogP contribution in [0.3, 0.4) is 0 Å². The van der Waals surface area contributed by atoms with Gasteiger partial charge in [0.05, 0.1) is 5.25 Å². The fourth-order valence-corrected chi connectivity index (χ4v) is 2.52. The Balaban J connectivity index is 2.56. The maximum atomic E-state index is 12.0. The summed E-state index contributed by atoms with van der Waals surface area (Å²) in [5.74, 6) is 0.924. The molecule has 0 bridgehead atoms. The number of amides is 1. The Morgan fingerprint density at radius 3 is 2.79 bits per heavy atom. The van der Waals surface area contributed by atoms with Gasteiger partial charge in [0.1, 0.15) is 0 Å². The average molecular weight is 302 g/mol. The van der Waals surface area contributed by atoms with Crippen molar-refractivity contribution in [3.8, 4) is 0 Å². The summed E-state index contributed by atoms with van der Waals surface area (Å²) in [5, 5.41) is 12.3. The Hall–Kier alpha value is -0.710. The van der Waals surface area contributed by atoms with Gasteiger partial charge in [-0.15, -0.1) is 11.8 Å². The van der Waals surface area contributed by atoms with Gasteiger partial charge >= 0.3 is 0 Å². The molecule has 5 heteroatoms. The van der Waals surface area contributed by atoms with Gasteiger partial charge in [0.15, 0.2) is 0 Å². The lowest BCUT2D eigenvalue weighted by Gasteiger charge is -2.15. The van der Waals surface area contributed by atoms with E-state index < -0.39 is 0 Å². The number of carbonyl (C=O) groups is 1. The van der Waals surface area contributed by atoms with E-state index in [0.717, 1.165) is 17.0 Å². The van der Waals surface area contributed by atoms with Gasteiger partial charge in [-0.2, -0.15) is 0 Å². The van der Waals surface area contributed by atoms with Crippen molar-refractivity contribution in [1.82, 2.24) is 0 Å². The van der Waals surface area contributed by atoms with Gasteiger partial charge in [-0.05, 0) is 43.2 Å². The Labute approximate surface area is 123 Å². The van der Waals surface area contributed by atoms with E-state index in [9.17, 15) is 4.79 Å². The van der Waals surface area contributed by atoms with Gasteiger partial charge in [0.25, 0.3) is 0 Å². The lowest BCUT2D eigenvalue weighted by molar-refractivity contribution is -0.115. The molecule has 106 valence electrons. The van der Waals surface area contributed by atoms with Crippen LogP contribution >= 0.6 is 23.4 Å². The molecule has 1 amide bonds. The van der Waals surface area contributed by atoms with Crippen molar-refractivity contribution in [2.75, 3.05) is 17.7 Å². The maximum absolute atomic E-state index is 12.0. The van der Waals surface area contributed by atoms with Crippen LogP contribution in [0.25, 0.3) is 0 Å². The lowest BCUT2D eigenvalue weighted by Crippen LogP contribution is -2.24. The van der Waals surface area contributed by atoms with Crippen LogP contribution in [-0.2, 0) is 4.79 Å². The molecule has 0 aliphatic heterocycles. The predicted molar refractivity (Wildman–Crippen MR) is 83.0 cm³/mol. The van der Waals surface area contributed by atoms with Gasteiger partial charge in [0.2, 0.25) is 5.91 Å². The molecule has 0 aliphatic rings. The van der Waals surface area contributed by atoms with Crippen LogP contribution < -0.4 is 5.32 Å². The van der Waals surface area contributed by atoms with Gasteiger partial charge in [-0.1, -0.05) is 24.6 Å². The average Bonchev–Trinajstić information content (AvgIpc) is 2.40. The third-order valence-corrected chi connectivity index (χ3v) is 4.72. The third-order valence-electron chi connectivity index (χ3n) is 2.84. The maximum Gasteiger partial charge on any atom is 0.237 e. The number of benzene rings is 1. The number of aliphatic hydroxyl groups excluding tert-OH is 1. The molecule has 1 rings (SSSR count). The summed E-state index contributed by atoms with van der Waals surface area (Å²) < 4.78 is 0. The summed E-state index contributed by atoms with van der Waals surface area (Å²) in [7, 11) is 0. The third kappa shape index (κ3) is 5.05. The number of carbonyl (C=O) groups excluding carboxylic acids is 1. The fraction of sp³-hybridized carbons (Fsp3) is 0.500. The normalized spacial score (nSPS) is 13.9. The number of nitrogens with one attached hydrogen (secondary N) is 1. The zero-order chi connectivity index (χ0) is 14.4. The first-order valence-electron chi connectivity index (χ1n) is 6.24. The summed E-state index contributed by atoms with van der Waals surface area (Å²) in [6.07, 6.45) is 0. The molecule has 0 aromatic heterocycles. The summed E-state index contributed by atoms with van der Waals surface area (Å²) in [5.41, 5.74) is 1.62. The first kappa shape index (κ1) is 16.3. The lowest BCUT2D eigenvalue weighted by atomic mass is 10.2. The SMILES string of the molecule is Cc1c(Cl)cccc1NC(=O)[C@H](C)SC[C@@H](C)CO. The van der Waals surface area contributed by atoms with Crippen molar-refractivity contribution in [1.29, 1.82) is 0 Å². The Kier molecular flexibility index (Phi) is 6.69. The van der Waals surface area contributed by atoms with Crippen molar-refractivity contribution >= 4 is 35.0 Å². The Morgan fingerprint density at radius 1 is 1.47 bits per heavy atom. The molecule has 2 N–H and O–H groups in total. The first-order chi connectivity index (χ1) is 8.95. The Morgan fingerprint density at radius 2 is 2.16 bits per heavy atom. The smallest absolute Gasteiger partial charge is 0.237 e. The van der Waals surface area contributed by atoms with Crippen molar-refractivity contribution in [3.63, 3.8) is 0 Å². The zero-order valence-electron chi connectivity index (χ0n) is 11.4. The van der Waals surface area contributed by atoms with E-state index in [-0.39, 0.29) is 23.7 Å². The highest BCUT2D eigenvalue weighted by atomic mass is 35.5. The highest BCUT2D eigenvalue weighted by Gasteiger charge is 2.16. The van der Waals surface area contributed by atoms with Gasteiger partial charge in [0, 0.05) is 17.3 Å². The fourth-order valence-electron chi connectivity index (χ4n) is 1.41. The van der Waals surface area contributed by atoms with E-state index >= 15 is 0 Å². The molecule has 19 heavy (non-hydrogen) atoms. The first-order valence-corrected chi connectivity index (χ1v) is 7.66. The number of halogens is 1. The molecule has 0 radical (unpaired) electrons. The molecule has 2 atom stereocenters. The monoisotopic (exact) mass is 301 g/mol. The molecule has 0 spiro atoms. The second-order valence-electron chi connectivity index (χ2n) is 4.66. The molecule has 0 saturated heterocycles. The molecular formula is C14H20ClNO2S. The largest absolute Gasteiger partial charge is 0.396 e. The molecule has 0 saturated carbocycles. The number of aliphatic hydroxyl groups is 1. The summed E-state index contributed by atoms with van der Waals surface area (Å²) in [4.78, 5) is 12.0. The Bertz CT molecular complexity index is 439. The van der Waals surface area contributed by atoms with E-state index in [1.807, 2.05) is 32.9 Å². The summed E-state index contributed by atoms with van der Waals surface area (Å²) in [6.45, 7) is 5.85. The molecule has 3 nitrogen and oxygen atoms in total. The highest BCUT2D eigenvalue weighted by molar-refractivity contribution is 8.00. The van der Waals surface area contributed by atoms with Gasteiger partial charge < -0.3 is 10.4 Å². The molecule has 0 fully saturated rings. The molecule has 0 unspecified atom stereocenters. The minimum atomic E-state index is -0.160. The molecule has 0 heterocycles. The molecule has 0 aliphatic carbocycles. The van der Waals surface area contributed by atoms with Crippen LogP contribution in [0, 0.1) is 12.8 Å². The highest BCUT2D eigenvalue weighted by Crippen LogP contribution is 2.24. The topological polar surface area (TPSA) is 49.3 Å². The van der Waals surface area contributed by atoms with Crippen LogP contribution in [0.1, 0.15) is 19.4 Å². The van der Waals surface area contributed by atoms with Crippen molar-refractivity contribution < 1.29 is 9.90 Å². The quantitative estimate of drug-likeness (QED) is 0.847. The van der Waals surface area contributed by atoms with Crippen molar-refractivity contribution in [2.24, 2.45) is 5.92 Å². The van der Waals surface area contributed by atoms with Gasteiger partial charge in [-0.3, -0.25) is 4.79 Å². The molecular weight excluding hydrogens is 282 g/mol. The van der Waals surface area contributed by atoms with E-state index in [1.165, 1.54) is 0 Å². The van der Waals surface area contributed by atoms with E-state index in [1.54, 1.807) is 17.8 Å². The van der Waals surface area contributed by atoms with Crippen LogP contribution in [-0.4, -0.2) is 28.6 Å².